The summed E-state index contributed by atoms with van der Waals surface area (Å²) >= 11 is 5.29. The molecule has 5 nitrogen and oxygen atoms in total. The van der Waals surface area contributed by atoms with Crippen LogP contribution in [0.2, 0.25) is 0 Å². The van der Waals surface area contributed by atoms with E-state index in [-0.39, 0.29) is 5.60 Å². The highest BCUT2D eigenvalue weighted by Gasteiger charge is 2.15. The van der Waals surface area contributed by atoms with Crippen molar-refractivity contribution in [1.29, 1.82) is 0 Å². The first-order valence-electron chi connectivity index (χ1n) is 8.34. The Kier molecular flexibility index (Phi) is 5.94. The number of H-pyrrole nitrogens is 1. The molecular formula is C18H26N4OS. The molecule has 2 aromatic rings. The fourth-order valence-electron chi connectivity index (χ4n) is 2.43. The zero-order valence-corrected chi connectivity index (χ0v) is 15.9. The minimum atomic E-state index is -0.205. The van der Waals surface area contributed by atoms with E-state index in [1.165, 1.54) is 0 Å². The lowest BCUT2D eigenvalue weighted by Gasteiger charge is -2.21. The molecule has 0 radical (unpaired) electrons. The Morgan fingerprint density at radius 2 is 1.88 bits per heavy atom. The molecule has 1 N–H and O–H groups in total. The van der Waals surface area contributed by atoms with Gasteiger partial charge in [0, 0.05) is 5.92 Å². The van der Waals surface area contributed by atoms with Crippen LogP contribution in [0.3, 0.4) is 0 Å². The molecule has 1 aromatic heterocycles. The Bertz CT molecular complexity index is 734. The predicted molar refractivity (Wildman–Crippen MR) is 101 cm³/mol. The van der Waals surface area contributed by atoms with Crippen LogP contribution in [0.15, 0.2) is 29.4 Å². The van der Waals surface area contributed by atoms with Crippen LogP contribution in [0.4, 0.5) is 0 Å². The first-order valence-corrected chi connectivity index (χ1v) is 8.75. The van der Waals surface area contributed by atoms with Gasteiger partial charge in [0.15, 0.2) is 5.82 Å². The third kappa shape index (κ3) is 4.77. The van der Waals surface area contributed by atoms with Crippen LogP contribution in [0.1, 0.15) is 64.8 Å². The lowest BCUT2D eigenvalue weighted by molar-refractivity contribution is 0.131. The molecule has 0 spiro atoms. The Hall–Kier alpha value is -1.95. The summed E-state index contributed by atoms with van der Waals surface area (Å²) in [6.45, 7) is 10.4. The lowest BCUT2D eigenvalue weighted by Crippen LogP contribution is -2.22. The van der Waals surface area contributed by atoms with Crippen LogP contribution in [0.25, 0.3) is 0 Å². The van der Waals surface area contributed by atoms with E-state index in [1.54, 1.807) is 10.9 Å². The van der Waals surface area contributed by atoms with E-state index in [1.807, 2.05) is 45.0 Å². The minimum absolute atomic E-state index is 0.205. The number of aromatic nitrogens is 3. The van der Waals surface area contributed by atoms with Gasteiger partial charge in [0.05, 0.1) is 6.21 Å². The topological polar surface area (TPSA) is 55.2 Å². The van der Waals surface area contributed by atoms with Crippen LogP contribution in [-0.4, -0.2) is 26.7 Å². The van der Waals surface area contributed by atoms with Crippen LogP contribution >= 0.6 is 12.2 Å². The molecule has 2 rings (SSSR count). The number of ether oxygens (including phenoxy) is 1. The van der Waals surface area contributed by atoms with Crippen molar-refractivity contribution in [3.8, 4) is 5.75 Å². The Labute approximate surface area is 148 Å². The van der Waals surface area contributed by atoms with Crippen LogP contribution in [0.5, 0.6) is 5.75 Å². The number of rotatable bonds is 6. The van der Waals surface area contributed by atoms with Gasteiger partial charge in [-0.1, -0.05) is 13.8 Å². The van der Waals surface area contributed by atoms with Gasteiger partial charge in [-0.05, 0) is 75.7 Å². The summed E-state index contributed by atoms with van der Waals surface area (Å²) < 4.78 is 8.05. The third-order valence-corrected chi connectivity index (χ3v) is 3.92. The van der Waals surface area contributed by atoms with E-state index >= 15 is 0 Å². The van der Waals surface area contributed by atoms with E-state index < -0.39 is 0 Å². The smallest absolute Gasteiger partial charge is 0.216 e. The van der Waals surface area contributed by atoms with Crippen molar-refractivity contribution in [2.24, 2.45) is 5.10 Å². The normalized spacial score (nSPS) is 12.2. The van der Waals surface area contributed by atoms with Crippen molar-refractivity contribution < 1.29 is 4.74 Å². The average Bonchev–Trinajstić information content (AvgIpc) is 2.88. The molecule has 24 heavy (non-hydrogen) atoms. The highest BCUT2D eigenvalue weighted by Crippen LogP contribution is 2.21. The number of nitrogens with one attached hydrogen (secondary N) is 1. The first-order chi connectivity index (χ1) is 11.3. The van der Waals surface area contributed by atoms with Crippen molar-refractivity contribution in [3.63, 3.8) is 0 Å². The van der Waals surface area contributed by atoms with Crippen LogP contribution in [0, 0.1) is 4.77 Å². The van der Waals surface area contributed by atoms with Crippen molar-refractivity contribution in [2.45, 2.75) is 59.0 Å². The molecule has 0 saturated heterocycles. The Balaban J connectivity index is 2.20. The van der Waals surface area contributed by atoms with Gasteiger partial charge in [0.2, 0.25) is 4.77 Å². The molecule has 0 atom stereocenters. The summed E-state index contributed by atoms with van der Waals surface area (Å²) in [6, 6.07) is 7.85. The molecule has 1 heterocycles. The van der Waals surface area contributed by atoms with Crippen molar-refractivity contribution >= 4 is 18.4 Å². The van der Waals surface area contributed by atoms with Gasteiger partial charge in [-0.3, -0.25) is 5.10 Å². The molecule has 6 heteroatoms. The first kappa shape index (κ1) is 18.4. The molecule has 0 aliphatic carbocycles. The maximum absolute atomic E-state index is 5.82. The van der Waals surface area contributed by atoms with E-state index in [0.29, 0.717) is 10.7 Å². The second-order valence-electron chi connectivity index (χ2n) is 6.74. The number of benzene rings is 1. The summed E-state index contributed by atoms with van der Waals surface area (Å²) in [4.78, 5) is 0. The van der Waals surface area contributed by atoms with Crippen LogP contribution < -0.4 is 4.74 Å². The Morgan fingerprint density at radius 1 is 1.25 bits per heavy atom. The fourth-order valence-corrected chi connectivity index (χ4v) is 2.62. The Morgan fingerprint density at radius 3 is 2.42 bits per heavy atom. The largest absolute Gasteiger partial charge is 0.488 e. The second-order valence-corrected chi connectivity index (χ2v) is 7.13. The third-order valence-electron chi connectivity index (χ3n) is 3.65. The zero-order valence-electron chi connectivity index (χ0n) is 15.0. The minimum Gasteiger partial charge on any atom is -0.488 e. The molecule has 0 amide bonds. The van der Waals surface area contributed by atoms with Crippen LogP contribution in [-0.2, 0) is 0 Å². The van der Waals surface area contributed by atoms with Gasteiger partial charge in [-0.2, -0.15) is 14.9 Å². The summed E-state index contributed by atoms with van der Waals surface area (Å²) in [6.07, 6.45) is 3.80. The van der Waals surface area contributed by atoms with E-state index in [0.717, 1.165) is 30.0 Å². The van der Waals surface area contributed by atoms with E-state index in [9.17, 15) is 0 Å². The summed E-state index contributed by atoms with van der Waals surface area (Å²) in [5.74, 6) is 2.07. The number of nitrogens with zero attached hydrogens (tertiary/aromatic N) is 3. The number of hydrogen-bond acceptors (Lipinski definition) is 4. The molecule has 130 valence electrons. The zero-order chi connectivity index (χ0) is 17.7. The van der Waals surface area contributed by atoms with Gasteiger partial charge in [0.25, 0.3) is 0 Å². The molecular weight excluding hydrogens is 320 g/mol. The average molecular weight is 347 g/mol. The molecule has 0 bridgehead atoms. The van der Waals surface area contributed by atoms with Gasteiger partial charge >= 0.3 is 0 Å². The second kappa shape index (κ2) is 7.75. The highest BCUT2D eigenvalue weighted by molar-refractivity contribution is 7.71. The summed E-state index contributed by atoms with van der Waals surface area (Å²) in [7, 11) is 0. The van der Waals surface area contributed by atoms with Gasteiger partial charge in [-0.25, -0.2) is 0 Å². The summed E-state index contributed by atoms with van der Waals surface area (Å²) in [5, 5.41) is 11.7. The van der Waals surface area contributed by atoms with Gasteiger partial charge in [0.1, 0.15) is 11.4 Å². The monoisotopic (exact) mass is 346 g/mol. The maximum Gasteiger partial charge on any atom is 0.216 e. The molecule has 0 aliphatic heterocycles. The quantitative estimate of drug-likeness (QED) is 0.597. The molecule has 0 aliphatic rings. The van der Waals surface area contributed by atoms with E-state index in [4.69, 9.17) is 17.0 Å². The number of aromatic amines is 1. The van der Waals surface area contributed by atoms with Crippen molar-refractivity contribution in [1.82, 2.24) is 14.9 Å². The maximum atomic E-state index is 5.82. The number of hydrogen-bond donors (Lipinski definition) is 1. The van der Waals surface area contributed by atoms with Gasteiger partial charge < -0.3 is 4.74 Å². The van der Waals surface area contributed by atoms with Crippen molar-refractivity contribution in [3.05, 3.63) is 40.4 Å². The van der Waals surface area contributed by atoms with Gasteiger partial charge in [-0.15, -0.1) is 0 Å². The molecule has 0 saturated carbocycles. The fraction of sp³-hybridized carbons (Fsp3) is 0.500. The standard InChI is InChI=1S/C18H26N4OS/c1-6-14(7-2)16-20-21-17(24)22(16)19-12-13-8-10-15(11-9-13)23-18(3,4)5/h8-12,14H,6-7H2,1-5H3,(H,21,24)/b19-12-. The van der Waals surface area contributed by atoms with Crippen molar-refractivity contribution in [2.75, 3.05) is 0 Å². The lowest BCUT2D eigenvalue weighted by atomic mass is 10.0. The predicted octanol–water partition coefficient (Wildman–Crippen LogP) is 4.90. The molecule has 1 aromatic carbocycles. The molecule has 0 unspecified atom stereocenters. The van der Waals surface area contributed by atoms with E-state index in [2.05, 4.69) is 29.1 Å². The SMILES string of the molecule is CCC(CC)c1n[nH]c(=S)n1/N=C\c1ccc(OC(C)(C)C)cc1. The molecule has 0 fully saturated rings. The summed E-state index contributed by atoms with van der Waals surface area (Å²) in [5.41, 5.74) is 0.777. The highest BCUT2D eigenvalue weighted by atomic mass is 32.1.